The van der Waals surface area contributed by atoms with Crippen molar-refractivity contribution in [2.24, 2.45) is 0 Å². The Balaban J connectivity index is 1.50. The van der Waals surface area contributed by atoms with Crippen LogP contribution < -0.4 is 15.5 Å². The normalized spacial score (nSPS) is 13.9. The first kappa shape index (κ1) is 25.5. The average Bonchev–Trinajstić information content (AvgIpc) is 2.88. The number of benzene rings is 3. The summed E-state index contributed by atoms with van der Waals surface area (Å²) < 4.78 is 24.4. The fourth-order valence-electron chi connectivity index (χ4n) is 4.18. The van der Waals surface area contributed by atoms with E-state index in [1.165, 1.54) is 17.2 Å². The minimum atomic E-state index is -3.38. The summed E-state index contributed by atoms with van der Waals surface area (Å²) in [5, 5.41) is 0.351. The lowest BCUT2D eigenvalue weighted by Crippen LogP contribution is -2.52. The van der Waals surface area contributed by atoms with Crippen LogP contribution in [0.1, 0.15) is 10.4 Å². The molecule has 10 heteroatoms. The van der Waals surface area contributed by atoms with E-state index in [4.69, 9.17) is 17.3 Å². The highest BCUT2D eigenvalue weighted by Gasteiger charge is 2.28. The van der Waals surface area contributed by atoms with Gasteiger partial charge in [-0.3, -0.25) is 14.5 Å². The van der Waals surface area contributed by atoms with Crippen LogP contribution in [0.15, 0.2) is 77.7 Å². The Morgan fingerprint density at radius 1 is 0.944 bits per heavy atom. The second-order valence-corrected chi connectivity index (χ2v) is 11.0. The Morgan fingerprint density at radius 3 is 2.22 bits per heavy atom. The smallest absolute Gasteiger partial charge is 0.258 e. The third-order valence-electron chi connectivity index (χ3n) is 6.09. The molecule has 0 atom stereocenters. The maximum atomic E-state index is 13.4. The van der Waals surface area contributed by atoms with Crippen LogP contribution >= 0.6 is 11.6 Å². The Bertz CT molecular complexity index is 1370. The molecule has 1 aliphatic rings. The molecule has 2 N–H and O–H groups in total. The highest BCUT2D eigenvalue weighted by atomic mass is 35.5. The van der Waals surface area contributed by atoms with E-state index >= 15 is 0 Å². The molecule has 3 aromatic rings. The standard InChI is InChI=1S/C26H27ClN4O4S/c1-36(34,35)24-10-6-5-9-23(24)29-13-15-30(16-14-29)25(32)18-31(20-7-3-2-4-8-20)26(33)19-11-12-21(27)22(28)17-19/h2-12,17H,13-16,18,28H2,1H3. The summed E-state index contributed by atoms with van der Waals surface area (Å²) in [4.78, 5) is 32.0. The van der Waals surface area contributed by atoms with E-state index in [-0.39, 0.29) is 28.9 Å². The molecule has 0 radical (unpaired) electrons. The number of nitrogens with zero attached hydrogens (tertiary/aromatic N) is 3. The molecule has 1 fully saturated rings. The summed E-state index contributed by atoms with van der Waals surface area (Å²) in [5.41, 5.74) is 7.73. The summed E-state index contributed by atoms with van der Waals surface area (Å²) in [6, 6.07) is 20.5. The van der Waals surface area contributed by atoms with Crippen molar-refractivity contribution >= 4 is 50.3 Å². The quantitative estimate of drug-likeness (QED) is 0.494. The molecule has 0 aromatic heterocycles. The summed E-state index contributed by atoms with van der Waals surface area (Å²) in [6.45, 7) is 1.62. The van der Waals surface area contributed by atoms with Crippen LogP contribution in [0.5, 0.6) is 0 Å². The second kappa shape index (κ2) is 10.6. The van der Waals surface area contributed by atoms with Crippen LogP contribution in [0.2, 0.25) is 5.02 Å². The van der Waals surface area contributed by atoms with Crippen LogP contribution in [-0.2, 0) is 14.6 Å². The molecule has 0 aliphatic carbocycles. The van der Waals surface area contributed by atoms with Gasteiger partial charge in [-0.25, -0.2) is 8.42 Å². The van der Waals surface area contributed by atoms with Crippen LogP contribution in [0.3, 0.4) is 0 Å². The maximum Gasteiger partial charge on any atom is 0.258 e. The van der Waals surface area contributed by atoms with Gasteiger partial charge in [-0.15, -0.1) is 0 Å². The minimum Gasteiger partial charge on any atom is -0.398 e. The van der Waals surface area contributed by atoms with Crippen molar-refractivity contribution in [2.45, 2.75) is 4.90 Å². The second-order valence-electron chi connectivity index (χ2n) is 8.57. The third-order valence-corrected chi connectivity index (χ3v) is 7.58. The molecule has 8 nitrogen and oxygen atoms in total. The number of amides is 2. The van der Waals surface area contributed by atoms with Crippen molar-refractivity contribution in [1.29, 1.82) is 0 Å². The molecule has 1 aliphatic heterocycles. The molecule has 2 amide bonds. The Morgan fingerprint density at radius 2 is 1.58 bits per heavy atom. The van der Waals surface area contributed by atoms with E-state index in [1.807, 2.05) is 11.0 Å². The van der Waals surface area contributed by atoms with Crippen molar-refractivity contribution < 1.29 is 18.0 Å². The van der Waals surface area contributed by atoms with Gasteiger partial charge in [0.2, 0.25) is 5.91 Å². The third kappa shape index (κ3) is 5.63. The summed E-state index contributed by atoms with van der Waals surface area (Å²) in [5.74, 6) is -0.566. The molecule has 1 heterocycles. The predicted molar refractivity (Wildman–Crippen MR) is 142 cm³/mol. The molecule has 36 heavy (non-hydrogen) atoms. The fraction of sp³-hybridized carbons (Fsp3) is 0.231. The van der Waals surface area contributed by atoms with Crippen molar-refractivity contribution in [1.82, 2.24) is 4.90 Å². The largest absolute Gasteiger partial charge is 0.398 e. The number of nitrogen functional groups attached to an aromatic ring is 1. The number of para-hydroxylation sites is 2. The predicted octanol–water partition coefficient (Wildman–Crippen LogP) is 3.32. The van der Waals surface area contributed by atoms with Gasteiger partial charge < -0.3 is 15.5 Å². The number of hydrogen-bond acceptors (Lipinski definition) is 6. The first-order valence-corrected chi connectivity index (χ1v) is 13.7. The summed E-state index contributed by atoms with van der Waals surface area (Å²) in [7, 11) is -3.38. The molecule has 0 bridgehead atoms. The first-order chi connectivity index (χ1) is 17.1. The molecule has 3 aromatic carbocycles. The summed E-state index contributed by atoms with van der Waals surface area (Å²) >= 11 is 6.01. The van der Waals surface area contributed by atoms with Crippen molar-refractivity contribution in [3.63, 3.8) is 0 Å². The molecule has 0 unspecified atom stereocenters. The van der Waals surface area contributed by atoms with Gasteiger partial charge in [0.15, 0.2) is 9.84 Å². The zero-order valence-electron chi connectivity index (χ0n) is 19.8. The van der Waals surface area contributed by atoms with Gasteiger partial charge in [-0.1, -0.05) is 41.9 Å². The molecule has 1 saturated heterocycles. The molecule has 0 saturated carbocycles. The number of carbonyl (C=O) groups excluding carboxylic acids is 2. The highest BCUT2D eigenvalue weighted by Crippen LogP contribution is 2.27. The topological polar surface area (TPSA) is 104 Å². The van der Waals surface area contributed by atoms with Crippen LogP contribution in [0.4, 0.5) is 17.1 Å². The lowest BCUT2D eigenvalue weighted by molar-refractivity contribution is -0.129. The Hall–Kier alpha value is -3.56. The monoisotopic (exact) mass is 526 g/mol. The molecular weight excluding hydrogens is 500 g/mol. The van der Waals surface area contributed by atoms with Gasteiger partial charge in [0.1, 0.15) is 6.54 Å². The zero-order chi connectivity index (χ0) is 25.9. The molecule has 4 rings (SSSR count). The number of rotatable bonds is 6. The van der Waals surface area contributed by atoms with Gasteiger partial charge >= 0.3 is 0 Å². The van der Waals surface area contributed by atoms with E-state index < -0.39 is 9.84 Å². The minimum absolute atomic E-state index is 0.148. The number of anilines is 3. The Kier molecular flexibility index (Phi) is 7.51. The fourth-order valence-corrected chi connectivity index (χ4v) is 5.21. The highest BCUT2D eigenvalue weighted by molar-refractivity contribution is 7.90. The number of halogens is 1. The number of piperazine rings is 1. The van der Waals surface area contributed by atoms with Crippen LogP contribution in [-0.4, -0.2) is 64.1 Å². The van der Waals surface area contributed by atoms with E-state index in [0.29, 0.717) is 48.1 Å². The van der Waals surface area contributed by atoms with Crippen LogP contribution in [0.25, 0.3) is 0 Å². The number of hydrogen-bond donors (Lipinski definition) is 1. The van der Waals surface area contributed by atoms with E-state index in [9.17, 15) is 18.0 Å². The SMILES string of the molecule is CS(=O)(=O)c1ccccc1N1CCN(C(=O)CN(C(=O)c2ccc(Cl)c(N)c2)c2ccccc2)CC1. The number of carbonyl (C=O) groups is 2. The molecular formula is C26H27ClN4O4S. The van der Waals surface area contributed by atoms with Crippen LogP contribution in [0, 0.1) is 0 Å². The zero-order valence-corrected chi connectivity index (χ0v) is 21.4. The Labute approximate surface area is 215 Å². The van der Waals surface area contributed by atoms with E-state index in [2.05, 4.69) is 0 Å². The van der Waals surface area contributed by atoms with Gasteiger partial charge in [0.25, 0.3) is 5.91 Å². The van der Waals surface area contributed by atoms with Crippen molar-refractivity contribution in [3.8, 4) is 0 Å². The molecule has 0 spiro atoms. The average molecular weight is 527 g/mol. The maximum absolute atomic E-state index is 13.4. The van der Waals surface area contributed by atoms with Crippen molar-refractivity contribution in [3.05, 3.63) is 83.4 Å². The molecule has 188 valence electrons. The number of sulfone groups is 1. The van der Waals surface area contributed by atoms with E-state index in [1.54, 1.807) is 65.6 Å². The van der Waals surface area contributed by atoms with Gasteiger partial charge in [-0.2, -0.15) is 0 Å². The summed E-state index contributed by atoms with van der Waals surface area (Å²) in [6.07, 6.45) is 1.19. The lowest BCUT2D eigenvalue weighted by atomic mass is 10.1. The van der Waals surface area contributed by atoms with Gasteiger partial charge in [0, 0.05) is 43.7 Å². The van der Waals surface area contributed by atoms with Gasteiger partial charge in [0.05, 0.1) is 21.3 Å². The number of nitrogens with two attached hydrogens (primary N) is 1. The van der Waals surface area contributed by atoms with Crippen molar-refractivity contribution in [2.75, 3.05) is 54.5 Å². The lowest BCUT2D eigenvalue weighted by Gasteiger charge is -2.37. The first-order valence-electron chi connectivity index (χ1n) is 11.4. The van der Waals surface area contributed by atoms with E-state index in [0.717, 1.165) is 0 Å². The van der Waals surface area contributed by atoms with Gasteiger partial charge in [-0.05, 0) is 42.5 Å².